The minimum atomic E-state index is -1.26. The van der Waals surface area contributed by atoms with Crippen LogP contribution in [-0.4, -0.2) is 56.7 Å². The number of nitrogens with zero attached hydrogens (tertiary/aromatic N) is 1. The van der Waals surface area contributed by atoms with E-state index in [9.17, 15) is 18.0 Å². The van der Waals surface area contributed by atoms with Gasteiger partial charge in [0.2, 0.25) is 5.91 Å². The van der Waals surface area contributed by atoms with Crippen LogP contribution in [0.4, 0.5) is 18.9 Å². The molecule has 0 bridgehead atoms. The number of rotatable bonds is 8. The van der Waals surface area contributed by atoms with E-state index in [0.717, 1.165) is 56.7 Å². The van der Waals surface area contributed by atoms with E-state index in [1.165, 1.54) is 11.1 Å². The van der Waals surface area contributed by atoms with E-state index in [4.69, 9.17) is 9.47 Å². The normalized spacial score (nSPS) is 16.6. The number of carbonyl (C=O) groups is 1. The van der Waals surface area contributed by atoms with Crippen LogP contribution in [-0.2, 0) is 21.4 Å². The van der Waals surface area contributed by atoms with Crippen LogP contribution in [0.25, 0.3) is 0 Å². The molecule has 0 spiro atoms. The van der Waals surface area contributed by atoms with Gasteiger partial charge in [-0.05, 0) is 80.2 Å². The third-order valence-electron chi connectivity index (χ3n) is 7.79. The molecule has 6 nitrogen and oxygen atoms in total. The number of ether oxygens (including phenoxy) is 2. The van der Waals surface area contributed by atoms with Gasteiger partial charge < -0.3 is 20.1 Å². The third kappa shape index (κ3) is 8.17. The lowest BCUT2D eigenvalue weighted by atomic mass is 9.68. The van der Waals surface area contributed by atoms with Gasteiger partial charge in [0.25, 0.3) is 0 Å². The summed E-state index contributed by atoms with van der Waals surface area (Å²) in [6.07, 6.45) is 2.62. The second-order valence-corrected chi connectivity index (χ2v) is 10.6. The zero-order valence-corrected chi connectivity index (χ0v) is 25.0. The third-order valence-corrected chi connectivity index (χ3v) is 7.79. The summed E-state index contributed by atoms with van der Waals surface area (Å²) in [5.74, 6) is -3.48. The number of carbonyl (C=O) groups excluding carboxylic acids is 1. The van der Waals surface area contributed by atoms with Gasteiger partial charge in [-0.3, -0.25) is 9.69 Å². The Morgan fingerprint density at radius 3 is 2.31 bits per heavy atom. The molecule has 228 valence electrons. The zero-order valence-electron chi connectivity index (χ0n) is 23.4. The monoisotopic (exact) mass is 625 g/mol. The Morgan fingerprint density at radius 2 is 1.62 bits per heavy atom. The molecule has 3 aromatic rings. The molecule has 2 N–H and O–H groups in total. The molecule has 2 saturated heterocycles. The van der Waals surface area contributed by atoms with Crippen molar-refractivity contribution >= 4 is 36.4 Å². The van der Waals surface area contributed by atoms with E-state index in [1.807, 2.05) is 18.2 Å². The molecular formula is C31H36Cl2F3N3O3. The van der Waals surface area contributed by atoms with Crippen LogP contribution in [0, 0.1) is 24.4 Å². The quantitative estimate of drug-likeness (QED) is 0.293. The number of amides is 1. The summed E-state index contributed by atoms with van der Waals surface area (Å²) in [4.78, 5) is 14.9. The minimum absolute atomic E-state index is 0. The van der Waals surface area contributed by atoms with Crippen LogP contribution in [0.3, 0.4) is 0 Å². The molecule has 0 unspecified atom stereocenters. The highest BCUT2D eigenvalue weighted by molar-refractivity contribution is 5.92. The number of hydrogen-bond acceptors (Lipinski definition) is 5. The number of anilines is 1. The highest BCUT2D eigenvalue weighted by Gasteiger charge is 2.35. The minimum Gasteiger partial charge on any atom is -0.454 e. The summed E-state index contributed by atoms with van der Waals surface area (Å²) in [5, 5.41) is 6.54. The molecular weight excluding hydrogens is 590 g/mol. The first-order valence-electron chi connectivity index (χ1n) is 13.6. The van der Waals surface area contributed by atoms with Crippen molar-refractivity contribution in [3.8, 4) is 11.5 Å². The maximum atomic E-state index is 14.0. The van der Waals surface area contributed by atoms with Crippen LogP contribution in [0.2, 0.25) is 0 Å². The molecule has 0 aliphatic carbocycles. The predicted molar refractivity (Wildman–Crippen MR) is 162 cm³/mol. The molecule has 11 heteroatoms. The van der Waals surface area contributed by atoms with Crippen LogP contribution < -0.4 is 15.4 Å². The predicted octanol–water partition coefficient (Wildman–Crippen LogP) is 6.18. The lowest BCUT2D eigenvalue weighted by Crippen LogP contribution is -2.42. The molecule has 5 rings (SSSR count). The summed E-state index contributed by atoms with van der Waals surface area (Å²) in [7, 11) is 0. The number of aryl methyl sites for hydroxylation is 1. The largest absolute Gasteiger partial charge is 0.454 e. The van der Waals surface area contributed by atoms with Gasteiger partial charge in [-0.2, -0.15) is 0 Å². The van der Waals surface area contributed by atoms with Crippen molar-refractivity contribution in [2.75, 3.05) is 51.3 Å². The highest BCUT2D eigenvalue weighted by atomic mass is 35.5. The number of benzene rings is 3. The van der Waals surface area contributed by atoms with Crippen LogP contribution >= 0.6 is 24.8 Å². The van der Waals surface area contributed by atoms with Gasteiger partial charge in [-0.25, -0.2) is 13.2 Å². The van der Waals surface area contributed by atoms with Crippen LogP contribution in [0.5, 0.6) is 11.5 Å². The Labute approximate surface area is 256 Å². The van der Waals surface area contributed by atoms with E-state index in [-0.39, 0.29) is 41.9 Å². The van der Waals surface area contributed by atoms with Gasteiger partial charge in [-0.15, -0.1) is 24.8 Å². The molecule has 3 aromatic carbocycles. The van der Waals surface area contributed by atoms with Gasteiger partial charge in [0.15, 0.2) is 23.2 Å². The van der Waals surface area contributed by atoms with Gasteiger partial charge in [-0.1, -0.05) is 18.2 Å². The standard InChI is InChI=1S/C31H34F3N3O3.2ClH/c1-21-2-5-23(36-30(38)20-37-12-14-39-15-13-37)16-25(21)31(8-10-35-11-9-31)19-22-3-6-24(7-4-22)40-29-18-27(33)26(32)17-28(29)34;;/h2-7,16-18,35H,8-15,19-20H2,1H3,(H,36,38);2*1H. The second-order valence-electron chi connectivity index (χ2n) is 10.6. The topological polar surface area (TPSA) is 62.8 Å². The van der Waals surface area contributed by atoms with Crippen molar-refractivity contribution in [1.29, 1.82) is 0 Å². The molecule has 1 amide bonds. The number of morpholine rings is 1. The van der Waals surface area contributed by atoms with Crippen molar-refractivity contribution in [1.82, 2.24) is 10.2 Å². The Hall–Kier alpha value is -2.82. The first-order valence-corrected chi connectivity index (χ1v) is 13.6. The maximum Gasteiger partial charge on any atom is 0.238 e. The molecule has 0 atom stereocenters. The van der Waals surface area contributed by atoms with Gasteiger partial charge in [0.05, 0.1) is 19.8 Å². The number of hydrogen-bond donors (Lipinski definition) is 2. The molecule has 2 aliphatic rings. The van der Waals surface area contributed by atoms with E-state index < -0.39 is 17.5 Å². The molecule has 2 aliphatic heterocycles. The van der Waals surface area contributed by atoms with Crippen molar-refractivity contribution in [3.05, 3.63) is 88.7 Å². The first-order chi connectivity index (χ1) is 19.3. The molecule has 0 saturated carbocycles. The second kappa shape index (κ2) is 15.1. The number of halogens is 5. The van der Waals surface area contributed by atoms with Crippen molar-refractivity contribution in [2.45, 2.75) is 31.6 Å². The van der Waals surface area contributed by atoms with E-state index in [2.05, 4.69) is 34.6 Å². The van der Waals surface area contributed by atoms with Gasteiger partial charge in [0, 0.05) is 36.3 Å². The smallest absolute Gasteiger partial charge is 0.238 e. The van der Waals surface area contributed by atoms with Crippen LogP contribution in [0.15, 0.2) is 54.6 Å². The fourth-order valence-electron chi connectivity index (χ4n) is 5.66. The fourth-order valence-corrected chi connectivity index (χ4v) is 5.66. The molecule has 0 aromatic heterocycles. The first kappa shape index (κ1) is 33.7. The Kier molecular flexibility index (Phi) is 12.1. The molecule has 2 fully saturated rings. The number of piperidine rings is 1. The average Bonchev–Trinajstić information content (AvgIpc) is 2.95. The van der Waals surface area contributed by atoms with Gasteiger partial charge in [0.1, 0.15) is 5.75 Å². The maximum absolute atomic E-state index is 14.0. The summed E-state index contributed by atoms with van der Waals surface area (Å²) >= 11 is 0. The SMILES string of the molecule is Cc1ccc(NC(=O)CN2CCOCC2)cc1C1(Cc2ccc(Oc3cc(F)c(F)cc3F)cc2)CCNCC1.Cl.Cl. The molecule has 42 heavy (non-hydrogen) atoms. The Morgan fingerprint density at radius 1 is 0.952 bits per heavy atom. The summed E-state index contributed by atoms with van der Waals surface area (Å²) in [6.45, 7) is 6.99. The van der Waals surface area contributed by atoms with E-state index >= 15 is 0 Å². The number of nitrogens with one attached hydrogen (secondary N) is 2. The zero-order chi connectivity index (χ0) is 28.1. The Balaban J connectivity index is 0.00000242. The Bertz CT molecular complexity index is 1350. The average molecular weight is 627 g/mol. The summed E-state index contributed by atoms with van der Waals surface area (Å²) < 4.78 is 51.7. The fraction of sp³-hybridized carbons (Fsp3) is 0.387. The lowest BCUT2D eigenvalue weighted by molar-refractivity contribution is -0.118. The lowest BCUT2D eigenvalue weighted by Gasteiger charge is -2.40. The molecule has 0 radical (unpaired) electrons. The van der Waals surface area contributed by atoms with Gasteiger partial charge >= 0.3 is 0 Å². The van der Waals surface area contributed by atoms with E-state index in [1.54, 1.807) is 12.1 Å². The van der Waals surface area contributed by atoms with Crippen LogP contribution in [0.1, 0.15) is 29.5 Å². The highest BCUT2D eigenvalue weighted by Crippen LogP contribution is 2.40. The van der Waals surface area contributed by atoms with Crippen molar-refractivity contribution in [2.24, 2.45) is 0 Å². The van der Waals surface area contributed by atoms with Crippen molar-refractivity contribution in [3.63, 3.8) is 0 Å². The summed E-state index contributed by atoms with van der Waals surface area (Å²) in [5.41, 5.74) is 4.09. The van der Waals surface area contributed by atoms with Crippen molar-refractivity contribution < 1.29 is 27.4 Å². The summed E-state index contributed by atoms with van der Waals surface area (Å²) in [6, 6.07) is 14.6. The molecule has 2 heterocycles. The van der Waals surface area contributed by atoms with E-state index in [0.29, 0.717) is 37.6 Å².